The van der Waals surface area contributed by atoms with Crippen molar-refractivity contribution in [1.29, 1.82) is 5.26 Å². The van der Waals surface area contributed by atoms with Gasteiger partial charge < -0.3 is 21.7 Å². The van der Waals surface area contributed by atoms with Crippen LogP contribution < -0.4 is 21.7 Å². The Balaban J connectivity index is 1.81. The zero-order valence-electron chi connectivity index (χ0n) is 17.8. The lowest BCUT2D eigenvalue weighted by atomic mass is 9.99. The smallest absolute Gasteiger partial charge is 0.158 e. The third-order valence-corrected chi connectivity index (χ3v) is 4.71. The van der Waals surface area contributed by atoms with E-state index in [9.17, 15) is 0 Å². The van der Waals surface area contributed by atoms with Crippen molar-refractivity contribution in [2.75, 3.05) is 30.3 Å². The molecule has 1 atom stereocenters. The normalized spacial score (nSPS) is 17.0. The predicted octanol–water partition coefficient (Wildman–Crippen LogP) is 2.07. The van der Waals surface area contributed by atoms with Crippen molar-refractivity contribution in [1.82, 2.24) is 25.5 Å². The Kier molecular flexibility index (Phi) is 7.84. The van der Waals surface area contributed by atoms with Crippen LogP contribution in [0.15, 0.2) is 29.5 Å². The highest BCUT2D eigenvalue weighted by molar-refractivity contribution is 5.85. The number of nitriles is 1. The fourth-order valence-electron chi connectivity index (χ4n) is 3.11. The lowest BCUT2D eigenvalue weighted by Crippen LogP contribution is -2.33. The molecule has 1 fully saturated rings. The highest BCUT2D eigenvalue weighted by Gasteiger charge is 2.15. The third kappa shape index (κ3) is 6.72. The lowest BCUT2D eigenvalue weighted by Gasteiger charge is -2.24. The Morgan fingerprint density at radius 1 is 1.35 bits per heavy atom. The first-order chi connectivity index (χ1) is 15.0. The molecule has 2 aromatic rings. The van der Waals surface area contributed by atoms with E-state index in [1.54, 1.807) is 12.3 Å². The van der Waals surface area contributed by atoms with Gasteiger partial charge >= 0.3 is 0 Å². The summed E-state index contributed by atoms with van der Waals surface area (Å²) >= 11 is 0. The molecular formula is C21H28N10. The molecule has 5 N–H and O–H groups in total. The maximum atomic E-state index is 8.86. The number of nitrogens with two attached hydrogens (primary N) is 1. The molecule has 0 amide bonds. The van der Waals surface area contributed by atoms with Crippen LogP contribution in [0.4, 0.5) is 17.3 Å². The van der Waals surface area contributed by atoms with E-state index in [-0.39, 0.29) is 11.7 Å². The third-order valence-electron chi connectivity index (χ3n) is 4.71. The van der Waals surface area contributed by atoms with Crippen molar-refractivity contribution in [3.63, 3.8) is 0 Å². The molecular weight excluding hydrogens is 392 g/mol. The number of hydrogen-bond acceptors (Lipinski definition) is 10. The summed E-state index contributed by atoms with van der Waals surface area (Å²) in [6.07, 6.45) is 8.64. The van der Waals surface area contributed by atoms with Gasteiger partial charge in [0.05, 0.1) is 23.8 Å². The molecule has 31 heavy (non-hydrogen) atoms. The van der Waals surface area contributed by atoms with Gasteiger partial charge in [0.25, 0.3) is 0 Å². The molecule has 0 bridgehead atoms. The molecule has 1 saturated heterocycles. The van der Waals surface area contributed by atoms with E-state index in [0.717, 1.165) is 25.3 Å². The van der Waals surface area contributed by atoms with Crippen molar-refractivity contribution in [3.05, 3.63) is 35.9 Å². The Morgan fingerprint density at radius 2 is 2.23 bits per heavy atom. The summed E-state index contributed by atoms with van der Waals surface area (Å²) in [7, 11) is 0. The van der Waals surface area contributed by atoms with Gasteiger partial charge in [-0.2, -0.15) is 5.26 Å². The molecule has 2 aromatic heterocycles. The summed E-state index contributed by atoms with van der Waals surface area (Å²) in [5, 5.41) is 27.4. The fourth-order valence-corrected chi connectivity index (χ4v) is 3.11. The number of rotatable bonds is 8. The van der Waals surface area contributed by atoms with Crippen molar-refractivity contribution in [3.8, 4) is 6.07 Å². The molecule has 0 aliphatic carbocycles. The van der Waals surface area contributed by atoms with Crippen molar-refractivity contribution in [2.45, 2.75) is 32.7 Å². The quantitative estimate of drug-likeness (QED) is 0.471. The second kappa shape index (κ2) is 11.0. The van der Waals surface area contributed by atoms with Crippen LogP contribution >= 0.6 is 0 Å². The number of aromatic nitrogens is 4. The number of allylic oxidation sites excluding steroid dienone is 1. The van der Waals surface area contributed by atoms with Crippen LogP contribution in [-0.2, 0) is 0 Å². The summed E-state index contributed by atoms with van der Waals surface area (Å²) in [5.41, 5.74) is 8.33. The second-order valence-electron chi connectivity index (χ2n) is 7.62. The summed E-state index contributed by atoms with van der Waals surface area (Å²) < 4.78 is 0. The maximum absolute atomic E-state index is 8.86. The minimum atomic E-state index is 0.187. The summed E-state index contributed by atoms with van der Waals surface area (Å²) in [5.74, 6) is 1.50. The summed E-state index contributed by atoms with van der Waals surface area (Å²) in [6, 6.07) is 3.98. The van der Waals surface area contributed by atoms with Crippen LogP contribution in [0.1, 0.15) is 38.1 Å². The number of nitrogens with zero attached hydrogens (tertiary/aromatic N) is 6. The van der Waals surface area contributed by atoms with Gasteiger partial charge in [-0.05, 0) is 51.8 Å². The van der Waals surface area contributed by atoms with E-state index in [4.69, 9.17) is 11.0 Å². The highest BCUT2D eigenvalue weighted by Crippen LogP contribution is 2.23. The van der Waals surface area contributed by atoms with Crippen LogP contribution in [0, 0.1) is 17.2 Å². The standard InChI is InChI=1S/C21H28N10/c1-14(2)25-7-5-17(23)21-18(27-11-15-4-3-6-24-10-15)8-19(30-31-21)29-20-13-26-16(9-22)12-28-20/h5,7-8,12-15,24H,3-4,6,10-11,23H2,1-2H3,(H2,27,28,29,30)/b17-5-,25-7?. The minimum Gasteiger partial charge on any atom is -0.397 e. The molecule has 10 nitrogen and oxygen atoms in total. The number of anilines is 3. The first kappa shape index (κ1) is 22.1. The lowest BCUT2D eigenvalue weighted by molar-refractivity contribution is 0.393. The molecule has 3 heterocycles. The Labute approximate surface area is 182 Å². The molecule has 0 spiro atoms. The average molecular weight is 421 g/mol. The van der Waals surface area contributed by atoms with Crippen LogP contribution in [-0.4, -0.2) is 52.1 Å². The number of nitrogens with one attached hydrogen (secondary N) is 3. The maximum Gasteiger partial charge on any atom is 0.158 e. The van der Waals surface area contributed by atoms with Crippen LogP contribution in [0.3, 0.4) is 0 Å². The van der Waals surface area contributed by atoms with E-state index in [2.05, 4.69) is 41.1 Å². The van der Waals surface area contributed by atoms with Crippen LogP contribution in [0.2, 0.25) is 0 Å². The summed E-state index contributed by atoms with van der Waals surface area (Å²) in [6.45, 7) is 6.85. The van der Waals surface area contributed by atoms with Gasteiger partial charge in [0, 0.05) is 24.9 Å². The molecule has 0 aromatic carbocycles. The van der Waals surface area contributed by atoms with E-state index >= 15 is 0 Å². The van der Waals surface area contributed by atoms with Gasteiger partial charge in [-0.25, -0.2) is 9.97 Å². The average Bonchev–Trinajstić information content (AvgIpc) is 2.78. The molecule has 1 aliphatic rings. The van der Waals surface area contributed by atoms with Crippen molar-refractivity contribution >= 4 is 29.2 Å². The van der Waals surface area contributed by atoms with E-state index in [0.29, 0.717) is 28.9 Å². The molecule has 162 valence electrons. The Morgan fingerprint density at radius 3 is 2.90 bits per heavy atom. The predicted molar refractivity (Wildman–Crippen MR) is 122 cm³/mol. The molecule has 1 aliphatic heterocycles. The van der Waals surface area contributed by atoms with Crippen LogP contribution in [0.5, 0.6) is 0 Å². The van der Waals surface area contributed by atoms with Crippen molar-refractivity contribution < 1.29 is 0 Å². The zero-order valence-corrected chi connectivity index (χ0v) is 17.8. The number of aliphatic imine (C=N–C) groups is 1. The van der Waals surface area contributed by atoms with Crippen molar-refractivity contribution in [2.24, 2.45) is 16.6 Å². The zero-order chi connectivity index (χ0) is 22.1. The largest absolute Gasteiger partial charge is 0.397 e. The summed E-state index contributed by atoms with van der Waals surface area (Å²) in [4.78, 5) is 12.5. The molecule has 0 saturated carbocycles. The Bertz CT molecular complexity index is 953. The molecule has 10 heteroatoms. The topological polar surface area (TPSA) is 150 Å². The van der Waals surface area contributed by atoms with Crippen LogP contribution in [0.25, 0.3) is 5.70 Å². The van der Waals surface area contributed by atoms with Gasteiger partial charge in [0.1, 0.15) is 17.6 Å². The number of hydrogen-bond donors (Lipinski definition) is 4. The van der Waals surface area contributed by atoms with E-state index in [1.165, 1.54) is 25.2 Å². The van der Waals surface area contributed by atoms with E-state index < -0.39 is 0 Å². The van der Waals surface area contributed by atoms with E-state index in [1.807, 2.05) is 26.0 Å². The molecule has 0 radical (unpaired) electrons. The number of piperidine rings is 1. The van der Waals surface area contributed by atoms with Gasteiger partial charge in [0.2, 0.25) is 0 Å². The van der Waals surface area contributed by atoms with Gasteiger partial charge in [-0.1, -0.05) is 0 Å². The highest BCUT2D eigenvalue weighted by atomic mass is 15.2. The Hall–Kier alpha value is -3.58. The molecule has 1 unspecified atom stereocenters. The SMILES string of the molecule is CC(C)N=C/C=C(\N)c1nnc(Nc2cnc(C#N)cn2)cc1NCC1CCCNC1. The molecule has 3 rings (SSSR count). The van der Waals surface area contributed by atoms with Gasteiger partial charge in [0.15, 0.2) is 11.5 Å². The first-order valence-electron chi connectivity index (χ1n) is 10.4. The minimum absolute atomic E-state index is 0.187. The van der Waals surface area contributed by atoms with Gasteiger partial charge in [-0.3, -0.25) is 4.99 Å². The monoisotopic (exact) mass is 420 g/mol. The second-order valence-corrected chi connectivity index (χ2v) is 7.62. The first-order valence-corrected chi connectivity index (χ1v) is 10.4. The fraction of sp³-hybridized carbons (Fsp3) is 0.429. The van der Waals surface area contributed by atoms with Gasteiger partial charge in [-0.15, -0.1) is 10.2 Å².